The molecule has 0 bridgehead atoms. The molecule has 0 spiro atoms. The van der Waals surface area contributed by atoms with Gasteiger partial charge in [-0.15, -0.1) is 0 Å². The summed E-state index contributed by atoms with van der Waals surface area (Å²) in [6, 6.07) is 0. The maximum atomic E-state index is 11.2. The van der Waals surface area contributed by atoms with Crippen LogP contribution in [0.25, 0.3) is 0 Å². The number of esters is 1. The molecule has 0 rings (SSSR count). The topological polar surface area (TPSA) is 26.3 Å². The first-order chi connectivity index (χ1) is 5.87. The molecule has 0 amide bonds. The molecule has 0 aromatic heterocycles. The lowest BCUT2D eigenvalue weighted by atomic mass is 10.3. The summed E-state index contributed by atoms with van der Waals surface area (Å²) < 4.78 is 5.94. The highest BCUT2D eigenvalue weighted by molar-refractivity contribution is 14.1. The second-order valence-corrected chi connectivity index (χ2v) is 5.56. The van der Waals surface area contributed by atoms with Gasteiger partial charge in [0.15, 0.2) is 0 Å². The summed E-state index contributed by atoms with van der Waals surface area (Å²) in [5, 5.41) is 0. The highest BCUT2D eigenvalue weighted by Gasteiger charge is 2.15. The second-order valence-electron chi connectivity index (χ2n) is 4.06. The maximum absolute atomic E-state index is 11.2. The summed E-state index contributed by atoms with van der Waals surface area (Å²) >= 11 is 2.11. The van der Waals surface area contributed by atoms with Crippen molar-refractivity contribution in [2.45, 2.75) is 17.3 Å². The molecule has 13 heavy (non-hydrogen) atoms. The first-order valence-electron chi connectivity index (χ1n) is 4.48. The van der Waals surface area contributed by atoms with E-state index in [-0.39, 0.29) is 9.89 Å². The van der Waals surface area contributed by atoms with Crippen LogP contribution in [0.1, 0.15) is 13.3 Å². The third kappa shape index (κ3) is 7.25. The van der Waals surface area contributed by atoms with Crippen LogP contribution in [-0.2, 0) is 9.53 Å². The molecule has 0 saturated heterocycles. The first-order valence-corrected chi connectivity index (χ1v) is 5.72. The average Bonchev–Trinajstić information content (AvgIpc) is 2.00. The zero-order chi connectivity index (χ0) is 10.5. The van der Waals surface area contributed by atoms with Gasteiger partial charge in [-0.05, 0) is 6.42 Å². The molecule has 0 heterocycles. The van der Waals surface area contributed by atoms with Gasteiger partial charge in [-0.2, -0.15) is 0 Å². The van der Waals surface area contributed by atoms with Gasteiger partial charge in [0.05, 0.1) is 21.1 Å². The van der Waals surface area contributed by atoms with E-state index < -0.39 is 0 Å². The van der Waals surface area contributed by atoms with Crippen molar-refractivity contribution in [3.63, 3.8) is 0 Å². The van der Waals surface area contributed by atoms with Crippen molar-refractivity contribution in [1.82, 2.24) is 0 Å². The van der Waals surface area contributed by atoms with Crippen LogP contribution >= 0.6 is 22.6 Å². The molecule has 0 aromatic rings. The van der Waals surface area contributed by atoms with Crippen molar-refractivity contribution in [3.05, 3.63) is 0 Å². The molecular formula is C9H19INO2+. The number of alkyl halides is 1. The Labute approximate surface area is 94.2 Å². The van der Waals surface area contributed by atoms with E-state index in [1.807, 2.05) is 6.92 Å². The van der Waals surface area contributed by atoms with Crippen LogP contribution in [0.3, 0.4) is 0 Å². The van der Waals surface area contributed by atoms with E-state index in [4.69, 9.17) is 4.74 Å². The number of rotatable bonds is 5. The van der Waals surface area contributed by atoms with Crippen molar-refractivity contribution in [1.29, 1.82) is 0 Å². The number of likely N-dealkylation sites (N-methyl/N-ethyl adjacent to an activating group) is 1. The Morgan fingerprint density at radius 2 is 2.00 bits per heavy atom. The highest BCUT2D eigenvalue weighted by atomic mass is 127. The van der Waals surface area contributed by atoms with Gasteiger partial charge in [0, 0.05) is 0 Å². The lowest BCUT2D eigenvalue weighted by Gasteiger charge is -2.23. The van der Waals surface area contributed by atoms with Gasteiger partial charge in [-0.25, -0.2) is 0 Å². The van der Waals surface area contributed by atoms with Crippen molar-refractivity contribution in [2.24, 2.45) is 0 Å². The second kappa shape index (κ2) is 5.80. The van der Waals surface area contributed by atoms with Gasteiger partial charge in [0.25, 0.3) is 0 Å². The van der Waals surface area contributed by atoms with E-state index in [9.17, 15) is 4.79 Å². The van der Waals surface area contributed by atoms with Crippen LogP contribution in [0.5, 0.6) is 0 Å². The molecule has 0 aliphatic heterocycles. The molecule has 0 aromatic carbocycles. The summed E-state index contributed by atoms with van der Waals surface area (Å²) in [6.45, 7) is 3.36. The SMILES string of the molecule is CCC(I)C(=O)OCC[N+](C)(C)C. The van der Waals surface area contributed by atoms with E-state index in [1.54, 1.807) is 0 Å². The minimum Gasteiger partial charge on any atom is -0.459 e. The van der Waals surface area contributed by atoms with Gasteiger partial charge >= 0.3 is 5.97 Å². The van der Waals surface area contributed by atoms with Gasteiger partial charge in [0.1, 0.15) is 17.1 Å². The lowest BCUT2D eigenvalue weighted by Crippen LogP contribution is -2.38. The van der Waals surface area contributed by atoms with Crippen LogP contribution in [0.15, 0.2) is 0 Å². The number of halogens is 1. The summed E-state index contributed by atoms with van der Waals surface area (Å²) in [6.07, 6.45) is 0.837. The van der Waals surface area contributed by atoms with Crippen LogP contribution < -0.4 is 0 Å². The minimum absolute atomic E-state index is 0.00469. The molecule has 0 radical (unpaired) electrons. The third-order valence-corrected chi connectivity index (χ3v) is 3.01. The first kappa shape index (κ1) is 13.2. The standard InChI is InChI=1S/C9H19INO2/c1-5-8(10)9(12)13-7-6-11(2,3)4/h8H,5-7H2,1-4H3/q+1. The number of hydrogen-bond donors (Lipinski definition) is 0. The fourth-order valence-electron chi connectivity index (χ4n) is 0.677. The molecule has 0 saturated carbocycles. The summed E-state index contributed by atoms with van der Waals surface area (Å²) in [5.41, 5.74) is 0. The number of ether oxygens (including phenoxy) is 1. The molecular weight excluding hydrogens is 281 g/mol. The minimum atomic E-state index is -0.0865. The zero-order valence-electron chi connectivity index (χ0n) is 8.84. The summed E-state index contributed by atoms with van der Waals surface area (Å²) in [4.78, 5) is 11.2. The van der Waals surface area contributed by atoms with Gasteiger partial charge in [-0.1, -0.05) is 29.5 Å². The van der Waals surface area contributed by atoms with E-state index in [2.05, 4.69) is 43.7 Å². The Kier molecular flexibility index (Phi) is 5.87. The zero-order valence-corrected chi connectivity index (χ0v) is 11.0. The maximum Gasteiger partial charge on any atom is 0.319 e. The molecule has 0 aliphatic rings. The Morgan fingerprint density at radius 1 is 1.46 bits per heavy atom. The van der Waals surface area contributed by atoms with Gasteiger partial charge in [-0.3, -0.25) is 4.79 Å². The Balaban J connectivity index is 3.60. The highest BCUT2D eigenvalue weighted by Crippen LogP contribution is 2.07. The molecule has 0 aliphatic carbocycles. The Morgan fingerprint density at radius 3 is 2.38 bits per heavy atom. The third-order valence-electron chi connectivity index (χ3n) is 1.62. The van der Waals surface area contributed by atoms with Crippen molar-refractivity contribution in [3.8, 4) is 0 Å². The van der Waals surface area contributed by atoms with E-state index in [1.165, 1.54) is 0 Å². The molecule has 1 unspecified atom stereocenters. The molecule has 4 heteroatoms. The number of quaternary nitrogens is 1. The van der Waals surface area contributed by atoms with Crippen molar-refractivity contribution >= 4 is 28.6 Å². The number of nitrogens with zero attached hydrogens (tertiary/aromatic N) is 1. The van der Waals surface area contributed by atoms with Crippen LogP contribution in [0.4, 0.5) is 0 Å². The van der Waals surface area contributed by atoms with Crippen LogP contribution in [0.2, 0.25) is 0 Å². The fraction of sp³-hybridized carbons (Fsp3) is 0.889. The number of hydrogen-bond acceptors (Lipinski definition) is 2. The summed E-state index contributed by atoms with van der Waals surface area (Å²) in [5.74, 6) is -0.0865. The monoisotopic (exact) mass is 300 g/mol. The molecule has 0 N–H and O–H groups in total. The van der Waals surface area contributed by atoms with E-state index in [0.717, 1.165) is 17.4 Å². The predicted octanol–water partition coefficient (Wildman–Crippen LogP) is 1.45. The molecule has 0 fully saturated rings. The summed E-state index contributed by atoms with van der Waals surface area (Å²) in [7, 11) is 6.24. The van der Waals surface area contributed by atoms with Crippen molar-refractivity contribution < 1.29 is 14.0 Å². The van der Waals surface area contributed by atoms with Gasteiger partial charge < -0.3 is 9.22 Å². The van der Waals surface area contributed by atoms with Crippen molar-refractivity contribution in [2.75, 3.05) is 34.3 Å². The number of carbonyl (C=O) groups is 1. The largest absolute Gasteiger partial charge is 0.459 e. The van der Waals surface area contributed by atoms with E-state index >= 15 is 0 Å². The predicted molar refractivity (Wildman–Crippen MR) is 62.0 cm³/mol. The Bertz CT molecular complexity index is 165. The van der Waals surface area contributed by atoms with Crippen LogP contribution in [-0.4, -0.2) is 48.7 Å². The smallest absolute Gasteiger partial charge is 0.319 e. The normalized spacial score (nSPS) is 13.9. The molecule has 78 valence electrons. The molecule has 3 nitrogen and oxygen atoms in total. The molecule has 1 atom stereocenters. The number of carbonyl (C=O) groups excluding carboxylic acids is 1. The van der Waals surface area contributed by atoms with Gasteiger partial charge in [0.2, 0.25) is 0 Å². The Hall–Kier alpha value is 0.160. The average molecular weight is 300 g/mol. The van der Waals surface area contributed by atoms with E-state index in [0.29, 0.717) is 6.61 Å². The quantitative estimate of drug-likeness (QED) is 0.332. The fourth-order valence-corrected chi connectivity index (χ4v) is 0.857. The van der Waals surface area contributed by atoms with Crippen LogP contribution in [0, 0.1) is 0 Å². The lowest BCUT2D eigenvalue weighted by molar-refractivity contribution is -0.870.